The second kappa shape index (κ2) is 5.48. The lowest BCUT2D eigenvalue weighted by molar-refractivity contribution is 0.297. The first-order chi connectivity index (χ1) is 8.56. The number of ether oxygens (including phenoxy) is 1. The van der Waals surface area contributed by atoms with Crippen LogP contribution in [0.15, 0.2) is 40.9 Å². The molecule has 0 fully saturated rings. The number of hydrogen-bond donors (Lipinski definition) is 0. The molecule has 94 valence electrons. The number of hydrogen-bond acceptors (Lipinski definition) is 1. The van der Waals surface area contributed by atoms with E-state index >= 15 is 0 Å². The summed E-state index contributed by atoms with van der Waals surface area (Å²) in [6.45, 7) is 1.98. The van der Waals surface area contributed by atoms with Crippen LogP contribution in [0.25, 0.3) is 0 Å². The lowest BCUT2D eigenvalue weighted by Gasteiger charge is -2.10. The zero-order valence-corrected chi connectivity index (χ0v) is 11.3. The van der Waals surface area contributed by atoms with Crippen LogP contribution in [-0.2, 0) is 6.61 Å². The lowest BCUT2D eigenvalue weighted by Crippen LogP contribution is -2.00. The van der Waals surface area contributed by atoms with E-state index in [-0.39, 0.29) is 6.61 Å². The molecule has 0 heterocycles. The molecule has 0 N–H and O–H groups in total. The maximum absolute atomic E-state index is 13.4. The molecule has 4 heteroatoms. The van der Waals surface area contributed by atoms with Gasteiger partial charge in [-0.2, -0.15) is 0 Å². The Hall–Kier alpha value is -1.42. The van der Waals surface area contributed by atoms with Crippen molar-refractivity contribution in [1.29, 1.82) is 0 Å². The molecule has 2 rings (SSSR count). The summed E-state index contributed by atoms with van der Waals surface area (Å²) in [5.41, 5.74) is 1.29. The Morgan fingerprint density at radius 3 is 2.61 bits per heavy atom. The quantitative estimate of drug-likeness (QED) is 0.804. The van der Waals surface area contributed by atoms with Gasteiger partial charge < -0.3 is 4.74 Å². The van der Waals surface area contributed by atoms with Crippen molar-refractivity contribution in [1.82, 2.24) is 0 Å². The van der Waals surface area contributed by atoms with Gasteiger partial charge in [0.1, 0.15) is 24.0 Å². The zero-order chi connectivity index (χ0) is 13.1. The highest BCUT2D eigenvalue weighted by Gasteiger charge is 2.06. The van der Waals surface area contributed by atoms with E-state index in [1.165, 1.54) is 12.1 Å². The van der Waals surface area contributed by atoms with Gasteiger partial charge in [0.2, 0.25) is 0 Å². The standard InChI is InChI=1S/C14H11BrF2O/c1-9-2-4-11(15)6-14(9)18-8-10-3-5-12(16)7-13(10)17/h2-7H,8H2,1H3. The van der Waals surface area contributed by atoms with Gasteiger partial charge >= 0.3 is 0 Å². The minimum absolute atomic E-state index is 0.0728. The first-order valence-corrected chi connectivity index (χ1v) is 6.18. The molecule has 0 bridgehead atoms. The SMILES string of the molecule is Cc1ccc(Br)cc1OCc1ccc(F)cc1F. The third-order valence-corrected chi connectivity index (χ3v) is 3.04. The van der Waals surface area contributed by atoms with Gasteiger partial charge in [-0.15, -0.1) is 0 Å². The van der Waals surface area contributed by atoms with Crippen molar-refractivity contribution >= 4 is 15.9 Å². The predicted molar refractivity (Wildman–Crippen MR) is 69.6 cm³/mol. The summed E-state index contributed by atoms with van der Waals surface area (Å²) < 4.78 is 32.6. The molecule has 1 nitrogen and oxygen atoms in total. The molecule has 0 aliphatic carbocycles. The monoisotopic (exact) mass is 312 g/mol. The van der Waals surface area contributed by atoms with Crippen LogP contribution < -0.4 is 4.74 Å². The van der Waals surface area contributed by atoms with Crippen LogP contribution in [0.4, 0.5) is 8.78 Å². The number of halogens is 3. The second-order valence-corrected chi connectivity index (χ2v) is 4.85. The van der Waals surface area contributed by atoms with E-state index < -0.39 is 11.6 Å². The molecular formula is C14H11BrF2O. The first-order valence-electron chi connectivity index (χ1n) is 5.39. The molecule has 0 radical (unpaired) electrons. The Labute approximate surface area is 113 Å². The molecular weight excluding hydrogens is 302 g/mol. The Bertz CT molecular complexity index is 570. The van der Waals surface area contributed by atoms with E-state index in [0.29, 0.717) is 11.3 Å². The van der Waals surface area contributed by atoms with Crippen molar-refractivity contribution in [2.24, 2.45) is 0 Å². The predicted octanol–water partition coefficient (Wildman–Crippen LogP) is 4.61. The van der Waals surface area contributed by atoms with E-state index in [9.17, 15) is 8.78 Å². The summed E-state index contributed by atoms with van der Waals surface area (Å²) in [5.74, 6) is -0.509. The van der Waals surface area contributed by atoms with Gasteiger partial charge in [-0.3, -0.25) is 0 Å². The first kappa shape index (κ1) is 13.0. The fourth-order valence-corrected chi connectivity index (χ4v) is 1.86. The summed E-state index contributed by atoms with van der Waals surface area (Å²) in [6, 6.07) is 9.08. The smallest absolute Gasteiger partial charge is 0.132 e. The molecule has 0 amide bonds. The minimum Gasteiger partial charge on any atom is -0.488 e. The number of rotatable bonds is 3. The van der Waals surface area contributed by atoms with E-state index in [4.69, 9.17) is 4.74 Å². The molecule has 0 aliphatic rings. The van der Waals surface area contributed by atoms with Crippen molar-refractivity contribution in [3.05, 3.63) is 63.6 Å². The fourth-order valence-electron chi connectivity index (χ4n) is 1.52. The number of benzene rings is 2. The topological polar surface area (TPSA) is 9.23 Å². The Balaban J connectivity index is 2.13. The van der Waals surface area contributed by atoms with E-state index in [2.05, 4.69) is 15.9 Å². The van der Waals surface area contributed by atoms with Gasteiger partial charge in [-0.25, -0.2) is 8.78 Å². The highest BCUT2D eigenvalue weighted by Crippen LogP contribution is 2.24. The van der Waals surface area contributed by atoms with E-state index in [0.717, 1.165) is 16.1 Å². The van der Waals surface area contributed by atoms with Crippen LogP contribution in [0.1, 0.15) is 11.1 Å². The summed E-state index contributed by atoms with van der Waals surface area (Å²) in [4.78, 5) is 0. The Morgan fingerprint density at radius 1 is 1.11 bits per heavy atom. The van der Waals surface area contributed by atoms with Crippen LogP contribution in [0.3, 0.4) is 0 Å². The van der Waals surface area contributed by atoms with Gasteiger partial charge in [0, 0.05) is 16.1 Å². The maximum Gasteiger partial charge on any atom is 0.132 e. The highest BCUT2D eigenvalue weighted by molar-refractivity contribution is 9.10. The molecule has 0 saturated carbocycles. The van der Waals surface area contributed by atoms with E-state index in [1.807, 2.05) is 25.1 Å². The average Bonchev–Trinajstić information content (AvgIpc) is 2.32. The molecule has 0 spiro atoms. The van der Waals surface area contributed by atoms with Crippen molar-refractivity contribution in [3.8, 4) is 5.75 Å². The summed E-state index contributed by atoms with van der Waals surface area (Å²) in [6.07, 6.45) is 0. The minimum atomic E-state index is -0.595. The number of aryl methyl sites for hydroxylation is 1. The van der Waals surface area contributed by atoms with Gasteiger partial charge in [0.25, 0.3) is 0 Å². The van der Waals surface area contributed by atoms with Gasteiger partial charge in [-0.05, 0) is 36.8 Å². The van der Waals surface area contributed by atoms with E-state index in [1.54, 1.807) is 0 Å². The molecule has 0 atom stereocenters. The second-order valence-electron chi connectivity index (χ2n) is 3.93. The summed E-state index contributed by atoms with van der Waals surface area (Å²) in [7, 11) is 0. The summed E-state index contributed by atoms with van der Waals surface area (Å²) in [5, 5.41) is 0. The molecule has 2 aromatic rings. The Kier molecular flexibility index (Phi) is 3.97. The molecule has 0 aliphatic heterocycles. The molecule has 2 aromatic carbocycles. The molecule has 0 saturated heterocycles. The van der Waals surface area contributed by atoms with Gasteiger partial charge in [-0.1, -0.05) is 22.0 Å². The van der Waals surface area contributed by atoms with Crippen molar-refractivity contribution in [2.45, 2.75) is 13.5 Å². The van der Waals surface area contributed by atoms with Crippen LogP contribution in [-0.4, -0.2) is 0 Å². The third-order valence-electron chi connectivity index (χ3n) is 2.55. The van der Waals surface area contributed by atoms with Gasteiger partial charge in [0.15, 0.2) is 0 Å². The fraction of sp³-hybridized carbons (Fsp3) is 0.143. The average molecular weight is 313 g/mol. The molecule has 18 heavy (non-hydrogen) atoms. The highest BCUT2D eigenvalue weighted by atomic mass is 79.9. The van der Waals surface area contributed by atoms with Gasteiger partial charge in [0.05, 0.1) is 0 Å². The van der Waals surface area contributed by atoms with Crippen molar-refractivity contribution in [2.75, 3.05) is 0 Å². The van der Waals surface area contributed by atoms with Crippen LogP contribution in [0, 0.1) is 18.6 Å². The molecule has 0 aromatic heterocycles. The third kappa shape index (κ3) is 3.07. The zero-order valence-electron chi connectivity index (χ0n) is 9.71. The normalized spacial score (nSPS) is 10.4. The largest absolute Gasteiger partial charge is 0.488 e. The maximum atomic E-state index is 13.4. The van der Waals surface area contributed by atoms with Crippen LogP contribution >= 0.6 is 15.9 Å². The van der Waals surface area contributed by atoms with Crippen molar-refractivity contribution < 1.29 is 13.5 Å². The van der Waals surface area contributed by atoms with Crippen molar-refractivity contribution in [3.63, 3.8) is 0 Å². The molecule has 0 unspecified atom stereocenters. The van der Waals surface area contributed by atoms with Crippen LogP contribution in [0.2, 0.25) is 0 Å². The summed E-state index contributed by atoms with van der Waals surface area (Å²) >= 11 is 3.34. The lowest BCUT2D eigenvalue weighted by atomic mass is 10.2. The Morgan fingerprint density at radius 2 is 1.89 bits per heavy atom. The van der Waals surface area contributed by atoms with Crippen LogP contribution in [0.5, 0.6) is 5.75 Å².